The molecule has 0 spiro atoms. The lowest BCUT2D eigenvalue weighted by atomic mass is 9.99. The van der Waals surface area contributed by atoms with Gasteiger partial charge in [-0.15, -0.1) is 6.58 Å². The largest absolute Gasteiger partial charge is 0.508 e. The third kappa shape index (κ3) is 2.33. The fraction of sp³-hybridized carbons (Fsp3) is 0.273. The zero-order chi connectivity index (χ0) is 9.84. The van der Waals surface area contributed by atoms with Crippen molar-refractivity contribution in [2.45, 2.75) is 19.4 Å². The fourth-order valence-corrected chi connectivity index (χ4v) is 1.33. The molecule has 1 atom stereocenters. The lowest BCUT2D eigenvalue weighted by molar-refractivity contribution is 0.473. The molecule has 0 amide bonds. The number of hydrogen-bond acceptors (Lipinski definition) is 2. The van der Waals surface area contributed by atoms with Crippen molar-refractivity contribution < 1.29 is 5.11 Å². The molecule has 13 heavy (non-hydrogen) atoms. The van der Waals surface area contributed by atoms with Crippen molar-refractivity contribution in [2.24, 2.45) is 5.73 Å². The molecule has 0 aromatic heterocycles. The van der Waals surface area contributed by atoms with Gasteiger partial charge in [-0.3, -0.25) is 0 Å². The maximum Gasteiger partial charge on any atom is 0.115 e. The molecule has 2 nitrogen and oxygen atoms in total. The summed E-state index contributed by atoms with van der Waals surface area (Å²) in [6, 6.07) is 5.18. The van der Waals surface area contributed by atoms with Crippen LogP contribution in [0.4, 0.5) is 0 Å². The third-order valence-corrected chi connectivity index (χ3v) is 2.08. The van der Waals surface area contributed by atoms with E-state index < -0.39 is 0 Å². The standard InChI is InChI=1S/C11H15NO/c1-3-4-11(12)10-7-9(13)6-5-8(10)2/h3,5-7,11,13H,1,4,12H2,2H3/t11-/m1/s1. The summed E-state index contributed by atoms with van der Waals surface area (Å²) >= 11 is 0. The van der Waals surface area contributed by atoms with Crippen LogP contribution in [0.1, 0.15) is 23.6 Å². The van der Waals surface area contributed by atoms with Crippen molar-refractivity contribution in [3.8, 4) is 5.75 Å². The van der Waals surface area contributed by atoms with E-state index in [9.17, 15) is 5.11 Å². The minimum Gasteiger partial charge on any atom is -0.508 e. The number of aromatic hydroxyl groups is 1. The number of hydrogen-bond donors (Lipinski definition) is 2. The second-order valence-electron chi connectivity index (χ2n) is 3.17. The summed E-state index contributed by atoms with van der Waals surface area (Å²) in [4.78, 5) is 0. The first-order valence-electron chi connectivity index (χ1n) is 4.31. The highest BCUT2D eigenvalue weighted by Crippen LogP contribution is 2.22. The molecule has 1 aromatic rings. The summed E-state index contributed by atoms with van der Waals surface area (Å²) in [5, 5.41) is 9.27. The van der Waals surface area contributed by atoms with Crippen LogP contribution in [0.15, 0.2) is 30.9 Å². The highest BCUT2D eigenvalue weighted by atomic mass is 16.3. The van der Waals surface area contributed by atoms with Gasteiger partial charge in [-0.05, 0) is 36.6 Å². The highest BCUT2D eigenvalue weighted by molar-refractivity contribution is 5.36. The van der Waals surface area contributed by atoms with Gasteiger partial charge in [0.1, 0.15) is 5.75 Å². The molecule has 2 heteroatoms. The van der Waals surface area contributed by atoms with Crippen LogP contribution in [-0.4, -0.2) is 5.11 Å². The molecule has 0 fully saturated rings. The van der Waals surface area contributed by atoms with Crippen molar-refractivity contribution in [1.82, 2.24) is 0 Å². The van der Waals surface area contributed by atoms with Gasteiger partial charge in [-0.1, -0.05) is 12.1 Å². The van der Waals surface area contributed by atoms with Crippen molar-refractivity contribution in [3.63, 3.8) is 0 Å². The summed E-state index contributed by atoms with van der Waals surface area (Å²) in [5.74, 6) is 0.264. The summed E-state index contributed by atoms with van der Waals surface area (Å²) in [6.07, 6.45) is 2.51. The van der Waals surface area contributed by atoms with Crippen molar-refractivity contribution in [2.75, 3.05) is 0 Å². The van der Waals surface area contributed by atoms with Crippen LogP contribution in [0.25, 0.3) is 0 Å². The van der Waals surface area contributed by atoms with E-state index in [1.807, 2.05) is 13.0 Å². The lowest BCUT2D eigenvalue weighted by Gasteiger charge is -2.12. The molecule has 0 saturated carbocycles. The first kappa shape index (κ1) is 9.81. The SMILES string of the molecule is C=CC[C@@H](N)c1cc(O)ccc1C. The quantitative estimate of drug-likeness (QED) is 0.696. The van der Waals surface area contributed by atoms with Crippen molar-refractivity contribution >= 4 is 0 Å². The molecule has 0 aliphatic heterocycles. The Morgan fingerprint density at radius 3 is 2.92 bits per heavy atom. The maximum atomic E-state index is 9.27. The van der Waals surface area contributed by atoms with Gasteiger partial charge in [0, 0.05) is 6.04 Å². The molecule has 0 unspecified atom stereocenters. The summed E-state index contributed by atoms with van der Waals surface area (Å²) in [6.45, 7) is 5.62. The van der Waals surface area contributed by atoms with Gasteiger partial charge in [0.15, 0.2) is 0 Å². The van der Waals surface area contributed by atoms with E-state index in [0.717, 1.165) is 17.5 Å². The lowest BCUT2D eigenvalue weighted by Crippen LogP contribution is -2.10. The van der Waals surface area contributed by atoms with Gasteiger partial charge in [-0.2, -0.15) is 0 Å². The monoisotopic (exact) mass is 177 g/mol. The predicted octanol–water partition coefficient (Wildman–Crippen LogP) is 2.28. The Kier molecular flexibility index (Phi) is 3.09. The molecule has 1 aromatic carbocycles. The Bertz CT molecular complexity index is 307. The van der Waals surface area contributed by atoms with Crippen LogP contribution in [0.3, 0.4) is 0 Å². The summed E-state index contributed by atoms with van der Waals surface area (Å²) in [7, 11) is 0. The predicted molar refractivity (Wildman–Crippen MR) is 54.6 cm³/mol. The van der Waals surface area contributed by atoms with Crippen molar-refractivity contribution in [1.29, 1.82) is 0 Å². The molecule has 0 saturated heterocycles. The Morgan fingerprint density at radius 1 is 1.62 bits per heavy atom. The van der Waals surface area contributed by atoms with Gasteiger partial charge in [-0.25, -0.2) is 0 Å². The molecule has 0 radical (unpaired) electrons. The molecule has 3 N–H and O–H groups in total. The van der Waals surface area contributed by atoms with Gasteiger partial charge in [0.25, 0.3) is 0 Å². The summed E-state index contributed by atoms with van der Waals surface area (Å²) in [5.41, 5.74) is 7.98. The highest BCUT2D eigenvalue weighted by Gasteiger charge is 2.07. The second-order valence-corrected chi connectivity index (χ2v) is 3.17. The van der Waals surface area contributed by atoms with E-state index in [-0.39, 0.29) is 11.8 Å². The number of benzene rings is 1. The van der Waals surface area contributed by atoms with E-state index >= 15 is 0 Å². The molecular weight excluding hydrogens is 162 g/mol. The number of nitrogens with two attached hydrogens (primary N) is 1. The van der Waals surface area contributed by atoms with Crippen molar-refractivity contribution in [3.05, 3.63) is 42.0 Å². The second kappa shape index (κ2) is 4.10. The number of phenolic OH excluding ortho intramolecular Hbond substituents is 1. The average Bonchev–Trinajstić information content (AvgIpc) is 2.09. The normalized spacial score (nSPS) is 12.5. The van der Waals surface area contributed by atoms with Crippen LogP contribution in [0.5, 0.6) is 5.75 Å². The molecule has 70 valence electrons. The van der Waals surface area contributed by atoms with Gasteiger partial charge in [0.05, 0.1) is 0 Å². The van der Waals surface area contributed by atoms with E-state index in [2.05, 4.69) is 6.58 Å². The van der Waals surface area contributed by atoms with E-state index in [1.165, 1.54) is 0 Å². The van der Waals surface area contributed by atoms with Crippen LogP contribution in [0.2, 0.25) is 0 Å². The molecule has 0 aliphatic rings. The van der Waals surface area contributed by atoms with Gasteiger partial charge < -0.3 is 10.8 Å². The van der Waals surface area contributed by atoms with Gasteiger partial charge in [0.2, 0.25) is 0 Å². The van der Waals surface area contributed by atoms with E-state index in [4.69, 9.17) is 5.73 Å². The Labute approximate surface area is 78.7 Å². The molecule has 0 heterocycles. The zero-order valence-corrected chi connectivity index (χ0v) is 7.83. The number of aryl methyl sites for hydroxylation is 1. The number of rotatable bonds is 3. The third-order valence-electron chi connectivity index (χ3n) is 2.08. The minimum absolute atomic E-state index is 0.0652. The average molecular weight is 177 g/mol. The first-order valence-corrected chi connectivity index (χ1v) is 4.31. The van der Waals surface area contributed by atoms with Crippen LogP contribution < -0.4 is 5.73 Å². The number of phenols is 1. The minimum atomic E-state index is -0.0652. The van der Waals surface area contributed by atoms with Crippen LogP contribution in [-0.2, 0) is 0 Å². The smallest absolute Gasteiger partial charge is 0.115 e. The molecule has 1 rings (SSSR count). The molecule has 0 bridgehead atoms. The topological polar surface area (TPSA) is 46.2 Å². The molecular formula is C11H15NO. The Morgan fingerprint density at radius 2 is 2.31 bits per heavy atom. The fourth-order valence-electron chi connectivity index (χ4n) is 1.33. The molecule has 0 aliphatic carbocycles. The van der Waals surface area contributed by atoms with Crippen LogP contribution >= 0.6 is 0 Å². The Hall–Kier alpha value is -1.28. The Balaban J connectivity index is 2.97. The van der Waals surface area contributed by atoms with E-state index in [0.29, 0.717) is 0 Å². The maximum absolute atomic E-state index is 9.27. The summed E-state index contributed by atoms with van der Waals surface area (Å²) < 4.78 is 0. The zero-order valence-electron chi connectivity index (χ0n) is 7.83. The van der Waals surface area contributed by atoms with E-state index in [1.54, 1.807) is 18.2 Å². The van der Waals surface area contributed by atoms with Crippen LogP contribution in [0, 0.1) is 6.92 Å². The first-order chi connectivity index (χ1) is 6.15. The van der Waals surface area contributed by atoms with Gasteiger partial charge >= 0.3 is 0 Å².